The normalized spacial score (nSPS) is 16.5. The SMILES string of the molecule is CN(c1cc(Cl)nnc1Cl)C1CCC1. The summed E-state index contributed by atoms with van der Waals surface area (Å²) < 4.78 is 0. The molecule has 0 atom stereocenters. The van der Waals surface area contributed by atoms with E-state index in [2.05, 4.69) is 15.1 Å². The summed E-state index contributed by atoms with van der Waals surface area (Å²) in [5, 5.41) is 8.27. The van der Waals surface area contributed by atoms with Gasteiger partial charge in [0.1, 0.15) is 0 Å². The van der Waals surface area contributed by atoms with E-state index in [9.17, 15) is 0 Å². The minimum absolute atomic E-state index is 0.385. The van der Waals surface area contributed by atoms with Crippen LogP contribution >= 0.6 is 23.2 Å². The van der Waals surface area contributed by atoms with Gasteiger partial charge in [0.05, 0.1) is 5.69 Å². The molecule has 1 saturated carbocycles. The van der Waals surface area contributed by atoms with Crippen LogP contribution in [0.5, 0.6) is 0 Å². The predicted octanol–water partition coefficient (Wildman–Crippen LogP) is 2.77. The van der Waals surface area contributed by atoms with E-state index >= 15 is 0 Å². The van der Waals surface area contributed by atoms with Crippen LogP contribution in [-0.2, 0) is 0 Å². The fourth-order valence-electron chi connectivity index (χ4n) is 1.56. The second-order valence-corrected chi connectivity index (χ2v) is 4.28. The summed E-state index contributed by atoms with van der Waals surface area (Å²) in [6.07, 6.45) is 3.72. The molecular weight excluding hydrogens is 221 g/mol. The van der Waals surface area contributed by atoms with Crippen LogP contribution in [0.1, 0.15) is 19.3 Å². The lowest BCUT2D eigenvalue weighted by Crippen LogP contribution is -2.37. The summed E-state index contributed by atoms with van der Waals surface area (Å²) in [6, 6.07) is 2.34. The van der Waals surface area contributed by atoms with Crippen molar-refractivity contribution in [2.24, 2.45) is 0 Å². The van der Waals surface area contributed by atoms with E-state index in [0.29, 0.717) is 16.3 Å². The van der Waals surface area contributed by atoms with Gasteiger partial charge < -0.3 is 4.90 Å². The molecule has 1 heterocycles. The molecule has 0 saturated heterocycles. The Morgan fingerprint density at radius 2 is 2.07 bits per heavy atom. The van der Waals surface area contributed by atoms with Crippen molar-refractivity contribution >= 4 is 28.9 Å². The van der Waals surface area contributed by atoms with Gasteiger partial charge in [-0.3, -0.25) is 0 Å². The molecule has 0 aliphatic heterocycles. The number of hydrogen-bond donors (Lipinski definition) is 0. The summed E-state index contributed by atoms with van der Waals surface area (Å²) >= 11 is 11.7. The highest BCUT2D eigenvalue weighted by molar-refractivity contribution is 6.33. The predicted molar refractivity (Wildman–Crippen MR) is 58.1 cm³/mol. The van der Waals surface area contributed by atoms with Gasteiger partial charge in [0.25, 0.3) is 0 Å². The first-order valence-electron chi connectivity index (χ1n) is 4.60. The Morgan fingerprint density at radius 1 is 1.36 bits per heavy atom. The summed E-state index contributed by atoms with van der Waals surface area (Å²) in [5.74, 6) is 0. The Morgan fingerprint density at radius 3 is 2.64 bits per heavy atom. The van der Waals surface area contributed by atoms with Gasteiger partial charge in [-0.2, -0.15) is 0 Å². The van der Waals surface area contributed by atoms with Crippen LogP contribution in [-0.4, -0.2) is 23.3 Å². The van der Waals surface area contributed by atoms with Gasteiger partial charge in [0.2, 0.25) is 0 Å². The molecule has 0 aromatic carbocycles. The van der Waals surface area contributed by atoms with Crippen molar-refractivity contribution in [3.05, 3.63) is 16.4 Å². The van der Waals surface area contributed by atoms with Crippen LogP contribution in [0.3, 0.4) is 0 Å². The van der Waals surface area contributed by atoms with Crippen molar-refractivity contribution in [1.82, 2.24) is 10.2 Å². The van der Waals surface area contributed by atoms with Crippen LogP contribution in [0.25, 0.3) is 0 Å². The lowest BCUT2D eigenvalue weighted by atomic mass is 9.92. The molecule has 5 heteroatoms. The summed E-state index contributed by atoms with van der Waals surface area (Å²) in [5.41, 5.74) is 0.872. The van der Waals surface area contributed by atoms with E-state index in [-0.39, 0.29) is 0 Å². The number of hydrogen-bond acceptors (Lipinski definition) is 3. The van der Waals surface area contributed by atoms with Gasteiger partial charge in [0, 0.05) is 19.2 Å². The van der Waals surface area contributed by atoms with Crippen molar-refractivity contribution in [2.75, 3.05) is 11.9 Å². The van der Waals surface area contributed by atoms with Crippen molar-refractivity contribution in [2.45, 2.75) is 25.3 Å². The van der Waals surface area contributed by atoms with E-state index in [4.69, 9.17) is 23.2 Å². The molecule has 0 radical (unpaired) electrons. The van der Waals surface area contributed by atoms with Crippen molar-refractivity contribution in [3.63, 3.8) is 0 Å². The first-order chi connectivity index (χ1) is 6.68. The highest BCUT2D eigenvalue weighted by atomic mass is 35.5. The number of aromatic nitrogens is 2. The van der Waals surface area contributed by atoms with E-state index in [1.807, 2.05) is 7.05 Å². The molecular formula is C9H11Cl2N3. The first kappa shape index (κ1) is 9.99. The molecule has 0 bridgehead atoms. The Kier molecular flexibility index (Phi) is 2.79. The van der Waals surface area contributed by atoms with Gasteiger partial charge in [-0.1, -0.05) is 23.2 Å². The second-order valence-electron chi connectivity index (χ2n) is 3.54. The fraction of sp³-hybridized carbons (Fsp3) is 0.556. The van der Waals surface area contributed by atoms with Gasteiger partial charge in [-0.25, -0.2) is 0 Å². The van der Waals surface area contributed by atoms with Crippen LogP contribution in [0.15, 0.2) is 6.07 Å². The number of rotatable bonds is 2. The van der Waals surface area contributed by atoms with Crippen LogP contribution in [0, 0.1) is 0 Å². The van der Waals surface area contributed by atoms with Crippen LogP contribution in [0.4, 0.5) is 5.69 Å². The monoisotopic (exact) mass is 231 g/mol. The second kappa shape index (κ2) is 3.91. The molecule has 1 aromatic heterocycles. The molecule has 0 spiro atoms. The highest BCUT2D eigenvalue weighted by Gasteiger charge is 2.24. The van der Waals surface area contributed by atoms with E-state index in [1.165, 1.54) is 19.3 Å². The topological polar surface area (TPSA) is 29.0 Å². The smallest absolute Gasteiger partial charge is 0.175 e. The number of nitrogens with zero attached hydrogens (tertiary/aromatic N) is 3. The molecule has 3 nitrogen and oxygen atoms in total. The van der Waals surface area contributed by atoms with Gasteiger partial charge in [-0.15, -0.1) is 10.2 Å². The summed E-state index contributed by atoms with van der Waals surface area (Å²) in [4.78, 5) is 2.13. The first-order valence-corrected chi connectivity index (χ1v) is 5.35. The molecule has 2 rings (SSSR count). The third-order valence-corrected chi connectivity index (χ3v) is 3.16. The van der Waals surface area contributed by atoms with Crippen molar-refractivity contribution in [3.8, 4) is 0 Å². The molecule has 1 aliphatic rings. The number of halogens is 2. The molecule has 1 fully saturated rings. The molecule has 0 amide bonds. The maximum Gasteiger partial charge on any atom is 0.175 e. The van der Waals surface area contributed by atoms with E-state index in [1.54, 1.807) is 6.07 Å². The van der Waals surface area contributed by atoms with Crippen molar-refractivity contribution < 1.29 is 0 Å². The molecule has 1 aromatic rings. The average molecular weight is 232 g/mol. The molecule has 14 heavy (non-hydrogen) atoms. The van der Waals surface area contributed by atoms with Gasteiger partial charge in [0.15, 0.2) is 10.3 Å². The summed E-state index contributed by atoms with van der Waals surface area (Å²) in [6.45, 7) is 0. The Balaban J connectivity index is 2.24. The van der Waals surface area contributed by atoms with E-state index in [0.717, 1.165) is 5.69 Å². The molecule has 0 unspecified atom stereocenters. The number of anilines is 1. The zero-order chi connectivity index (χ0) is 10.1. The Hall–Kier alpha value is -0.540. The average Bonchev–Trinajstić information content (AvgIpc) is 2.06. The van der Waals surface area contributed by atoms with Crippen molar-refractivity contribution in [1.29, 1.82) is 0 Å². The highest BCUT2D eigenvalue weighted by Crippen LogP contribution is 2.32. The maximum absolute atomic E-state index is 5.94. The lowest BCUT2D eigenvalue weighted by Gasteiger charge is -2.36. The maximum atomic E-state index is 5.94. The zero-order valence-electron chi connectivity index (χ0n) is 7.87. The van der Waals surface area contributed by atoms with Gasteiger partial charge in [-0.05, 0) is 19.3 Å². The summed E-state index contributed by atoms with van der Waals surface area (Å²) in [7, 11) is 2.02. The third kappa shape index (κ3) is 1.79. The van der Waals surface area contributed by atoms with Crippen LogP contribution < -0.4 is 4.90 Å². The minimum Gasteiger partial charge on any atom is -0.369 e. The Bertz CT molecular complexity index is 339. The Labute approximate surface area is 93.0 Å². The zero-order valence-corrected chi connectivity index (χ0v) is 9.39. The molecule has 0 N–H and O–H groups in total. The lowest BCUT2D eigenvalue weighted by molar-refractivity contribution is 0.401. The largest absolute Gasteiger partial charge is 0.369 e. The van der Waals surface area contributed by atoms with Gasteiger partial charge >= 0.3 is 0 Å². The third-order valence-electron chi connectivity index (χ3n) is 2.70. The standard InChI is InChI=1S/C9H11Cl2N3/c1-14(6-3-2-4-6)7-5-8(10)12-13-9(7)11/h5-6H,2-4H2,1H3. The minimum atomic E-state index is 0.385. The quantitative estimate of drug-likeness (QED) is 0.785. The molecule has 76 valence electrons. The molecule has 1 aliphatic carbocycles. The van der Waals surface area contributed by atoms with Crippen LogP contribution in [0.2, 0.25) is 10.3 Å². The fourth-order valence-corrected chi connectivity index (χ4v) is 1.93. The van der Waals surface area contributed by atoms with E-state index < -0.39 is 0 Å².